The van der Waals surface area contributed by atoms with Gasteiger partial charge in [0, 0.05) is 6.04 Å². The lowest BCUT2D eigenvalue weighted by Gasteiger charge is -2.17. The summed E-state index contributed by atoms with van der Waals surface area (Å²) in [5.74, 6) is 0.492. The van der Waals surface area contributed by atoms with Gasteiger partial charge in [0.05, 0.1) is 11.6 Å². The number of hydrogen-bond acceptors (Lipinski definition) is 2. The number of benzene rings is 2. The van der Waals surface area contributed by atoms with Crippen LogP contribution in [0.3, 0.4) is 0 Å². The van der Waals surface area contributed by atoms with E-state index < -0.39 is 0 Å². The van der Waals surface area contributed by atoms with Gasteiger partial charge in [-0.25, -0.2) is 4.39 Å². The number of nitrogens with one attached hydrogen (secondary N) is 1. The van der Waals surface area contributed by atoms with Gasteiger partial charge >= 0.3 is 0 Å². The van der Waals surface area contributed by atoms with E-state index in [-0.39, 0.29) is 16.9 Å². The molecule has 2 rings (SSSR count). The van der Waals surface area contributed by atoms with E-state index in [4.69, 9.17) is 16.3 Å². The number of likely N-dealkylation sites (N-methyl/N-ethyl adjacent to an activating group) is 1. The van der Waals surface area contributed by atoms with Crippen molar-refractivity contribution in [1.29, 1.82) is 0 Å². The molecule has 21 heavy (non-hydrogen) atoms. The molecule has 0 aromatic heterocycles. The molecule has 2 aromatic rings. The first kappa shape index (κ1) is 15.8. The smallest absolute Gasteiger partial charge is 0.141 e. The Morgan fingerprint density at radius 2 is 1.95 bits per heavy atom. The highest BCUT2D eigenvalue weighted by atomic mass is 35.5. The van der Waals surface area contributed by atoms with Gasteiger partial charge in [0.2, 0.25) is 0 Å². The molecule has 0 aliphatic carbocycles. The average molecular weight is 308 g/mol. The standard InChI is InChI=1S/C17H19ClFNO/c1-20-14(9-10-21-15-5-3-2-4-6-15)11-13-7-8-17(19)16(18)12-13/h2-8,12,14,20H,9-11H2,1H3. The number of hydrogen-bond donors (Lipinski definition) is 1. The van der Waals surface area contributed by atoms with E-state index in [1.54, 1.807) is 12.1 Å². The van der Waals surface area contributed by atoms with Crippen molar-refractivity contribution in [3.8, 4) is 5.75 Å². The van der Waals surface area contributed by atoms with Crippen molar-refractivity contribution in [1.82, 2.24) is 5.32 Å². The molecule has 2 aromatic carbocycles. The molecule has 2 nitrogen and oxygen atoms in total. The Labute approximate surface area is 129 Å². The lowest BCUT2D eigenvalue weighted by molar-refractivity contribution is 0.288. The summed E-state index contributed by atoms with van der Waals surface area (Å²) in [6, 6.07) is 14.9. The number of halogens is 2. The van der Waals surface area contributed by atoms with E-state index in [0.29, 0.717) is 6.61 Å². The van der Waals surface area contributed by atoms with E-state index in [1.807, 2.05) is 37.4 Å². The minimum atomic E-state index is -0.381. The lowest BCUT2D eigenvalue weighted by Crippen LogP contribution is -2.29. The van der Waals surface area contributed by atoms with Gasteiger partial charge in [-0.2, -0.15) is 0 Å². The maximum atomic E-state index is 13.1. The lowest BCUT2D eigenvalue weighted by atomic mass is 10.0. The summed E-state index contributed by atoms with van der Waals surface area (Å²) in [6.45, 7) is 0.629. The second kappa shape index (κ2) is 8.01. The van der Waals surface area contributed by atoms with Crippen LogP contribution >= 0.6 is 11.6 Å². The number of rotatable bonds is 7. The van der Waals surface area contributed by atoms with Gasteiger partial charge in [-0.15, -0.1) is 0 Å². The number of para-hydroxylation sites is 1. The second-order valence-corrected chi connectivity index (χ2v) is 5.30. The molecule has 0 heterocycles. The molecular weight excluding hydrogens is 289 g/mol. The van der Waals surface area contributed by atoms with Crippen molar-refractivity contribution in [2.45, 2.75) is 18.9 Å². The van der Waals surface area contributed by atoms with Crippen LogP contribution in [0.4, 0.5) is 4.39 Å². The monoisotopic (exact) mass is 307 g/mol. The summed E-state index contributed by atoms with van der Waals surface area (Å²) in [5, 5.41) is 3.42. The molecule has 0 fully saturated rings. The molecule has 4 heteroatoms. The SMILES string of the molecule is CNC(CCOc1ccccc1)Cc1ccc(F)c(Cl)c1. The molecule has 0 radical (unpaired) electrons. The van der Waals surface area contributed by atoms with E-state index in [1.165, 1.54) is 6.07 Å². The first-order valence-electron chi connectivity index (χ1n) is 6.98. The van der Waals surface area contributed by atoms with Gasteiger partial charge in [-0.3, -0.25) is 0 Å². The Bertz CT molecular complexity index is 562. The van der Waals surface area contributed by atoms with Gasteiger partial charge in [0.15, 0.2) is 0 Å². The van der Waals surface area contributed by atoms with Gasteiger partial charge in [-0.05, 0) is 49.7 Å². The van der Waals surface area contributed by atoms with E-state index in [0.717, 1.165) is 24.2 Å². The van der Waals surface area contributed by atoms with Gasteiger partial charge in [0.1, 0.15) is 11.6 Å². The Balaban J connectivity index is 1.84. The van der Waals surface area contributed by atoms with Crippen LogP contribution in [0.2, 0.25) is 5.02 Å². The Morgan fingerprint density at radius 3 is 2.62 bits per heavy atom. The molecule has 0 bridgehead atoms. The Hall–Kier alpha value is -1.58. The zero-order valence-corrected chi connectivity index (χ0v) is 12.7. The van der Waals surface area contributed by atoms with Crippen LogP contribution in [0.25, 0.3) is 0 Å². The van der Waals surface area contributed by atoms with Crippen molar-refractivity contribution in [2.24, 2.45) is 0 Å². The summed E-state index contributed by atoms with van der Waals surface area (Å²) in [4.78, 5) is 0. The van der Waals surface area contributed by atoms with E-state index >= 15 is 0 Å². The molecule has 1 N–H and O–H groups in total. The van der Waals surface area contributed by atoms with Crippen LogP contribution in [0.15, 0.2) is 48.5 Å². The van der Waals surface area contributed by atoms with Gasteiger partial charge in [-0.1, -0.05) is 35.9 Å². The van der Waals surface area contributed by atoms with E-state index in [2.05, 4.69) is 5.32 Å². The fraction of sp³-hybridized carbons (Fsp3) is 0.294. The third-order valence-electron chi connectivity index (χ3n) is 3.35. The molecule has 0 aliphatic heterocycles. The van der Waals surface area contributed by atoms with E-state index in [9.17, 15) is 4.39 Å². The summed E-state index contributed by atoms with van der Waals surface area (Å²) < 4.78 is 18.8. The van der Waals surface area contributed by atoms with Crippen molar-refractivity contribution < 1.29 is 9.13 Å². The molecule has 1 unspecified atom stereocenters. The molecule has 0 saturated heterocycles. The molecule has 0 spiro atoms. The summed E-state index contributed by atoms with van der Waals surface area (Å²) in [5.41, 5.74) is 1.01. The van der Waals surface area contributed by atoms with Crippen LogP contribution in [-0.2, 0) is 6.42 Å². The summed E-state index contributed by atoms with van der Waals surface area (Å²) in [6.07, 6.45) is 1.65. The minimum Gasteiger partial charge on any atom is -0.494 e. The summed E-state index contributed by atoms with van der Waals surface area (Å²) >= 11 is 5.80. The predicted molar refractivity (Wildman–Crippen MR) is 84.5 cm³/mol. The predicted octanol–water partition coefficient (Wildman–Crippen LogP) is 4.08. The fourth-order valence-electron chi connectivity index (χ4n) is 2.14. The largest absolute Gasteiger partial charge is 0.494 e. The molecule has 0 amide bonds. The topological polar surface area (TPSA) is 21.3 Å². The van der Waals surface area contributed by atoms with Crippen molar-refractivity contribution in [3.05, 3.63) is 64.9 Å². The minimum absolute atomic E-state index is 0.169. The molecule has 0 saturated carbocycles. The van der Waals surface area contributed by atoms with Crippen LogP contribution < -0.4 is 10.1 Å². The van der Waals surface area contributed by atoms with Crippen molar-refractivity contribution >= 4 is 11.6 Å². The zero-order valence-electron chi connectivity index (χ0n) is 12.0. The second-order valence-electron chi connectivity index (χ2n) is 4.89. The average Bonchev–Trinajstić information content (AvgIpc) is 2.51. The quantitative estimate of drug-likeness (QED) is 0.832. The van der Waals surface area contributed by atoms with Crippen molar-refractivity contribution in [2.75, 3.05) is 13.7 Å². The van der Waals surface area contributed by atoms with Crippen molar-refractivity contribution in [3.63, 3.8) is 0 Å². The maximum Gasteiger partial charge on any atom is 0.141 e. The third kappa shape index (κ3) is 5.03. The first-order valence-corrected chi connectivity index (χ1v) is 7.36. The molecule has 112 valence electrons. The molecule has 1 atom stereocenters. The van der Waals surface area contributed by atoms with Gasteiger partial charge in [0.25, 0.3) is 0 Å². The summed E-state index contributed by atoms with van der Waals surface area (Å²) in [7, 11) is 1.91. The Kier molecular flexibility index (Phi) is 6.03. The van der Waals surface area contributed by atoms with Crippen LogP contribution in [0.1, 0.15) is 12.0 Å². The third-order valence-corrected chi connectivity index (χ3v) is 3.64. The molecule has 0 aliphatic rings. The highest BCUT2D eigenvalue weighted by Crippen LogP contribution is 2.18. The highest BCUT2D eigenvalue weighted by molar-refractivity contribution is 6.30. The maximum absolute atomic E-state index is 13.1. The van der Waals surface area contributed by atoms with Gasteiger partial charge < -0.3 is 10.1 Å². The number of ether oxygens (including phenoxy) is 1. The molecular formula is C17H19ClFNO. The zero-order chi connectivity index (χ0) is 15.1. The van der Waals surface area contributed by atoms with Crippen LogP contribution in [0.5, 0.6) is 5.75 Å². The fourth-order valence-corrected chi connectivity index (χ4v) is 2.34. The Morgan fingerprint density at radius 1 is 1.19 bits per heavy atom. The normalized spacial score (nSPS) is 12.1. The first-order chi connectivity index (χ1) is 10.2. The van der Waals surface area contributed by atoms with Crippen LogP contribution in [-0.4, -0.2) is 19.7 Å². The van der Waals surface area contributed by atoms with Crippen LogP contribution in [0, 0.1) is 5.82 Å². The highest BCUT2D eigenvalue weighted by Gasteiger charge is 2.09.